The van der Waals surface area contributed by atoms with Crippen LogP contribution in [0.4, 0.5) is 0 Å². The standard InChI is InChI=1S/C9H16ClN3/c1-6(4-5-11)13-8(3)9(10)7(2)12-13/h6H,4-5,11H2,1-3H3/t6-/m1/s1. The second kappa shape index (κ2) is 4.11. The molecule has 0 amide bonds. The van der Waals surface area contributed by atoms with E-state index in [0.717, 1.165) is 22.8 Å². The Balaban J connectivity index is 2.94. The van der Waals surface area contributed by atoms with Crippen LogP contribution >= 0.6 is 11.6 Å². The van der Waals surface area contributed by atoms with Crippen LogP contribution in [-0.2, 0) is 0 Å². The van der Waals surface area contributed by atoms with Gasteiger partial charge in [0, 0.05) is 0 Å². The van der Waals surface area contributed by atoms with Gasteiger partial charge < -0.3 is 5.73 Å². The minimum Gasteiger partial charge on any atom is -0.330 e. The van der Waals surface area contributed by atoms with E-state index in [4.69, 9.17) is 17.3 Å². The molecule has 4 heteroatoms. The number of aryl methyl sites for hydroxylation is 1. The monoisotopic (exact) mass is 201 g/mol. The summed E-state index contributed by atoms with van der Waals surface area (Å²) in [4.78, 5) is 0. The van der Waals surface area contributed by atoms with E-state index in [1.807, 2.05) is 18.5 Å². The van der Waals surface area contributed by atoms with Crippen LogP contribution < -0.4 is 5.73 Å². The fourth-order valence-corrected chi connectivity index (χ4v) is 1.56. The Morgan fingerprint density at radius 2 is 2.15 bits per heavy atom. The van der Waals surface area contributed by atoms with Crippen molar-refractivity contribution in [2.75, 3.05) is 6.54 Å². The molecule has 74 valence electrons. The second-order valence-electron chi connectivity index (χ2n) is 3.36. The van der Waals surface area contributed by atoms with E-state index in [1.54, 1.807) is 0 Å². The molecule has 0 unspecified atom stereocenters. The highest BCUT2D eigenvalue weighted by atomic mass is 35.5. The van der Waals surface area contributed by atoms with Gasteiger partial charge in [0.15, 0.2) is 0 Å². The molecule has 1 atom stereocenters. The third kappa shape index (κ3) is 2.03. The van der Waals surface area contributed by atoms with Crippen LogP contribution in [0, 0.1) is 13.8 Å². The zero-order valence-corrected chi connectivity index (χ0v) is 9.10. The normalized spacial score (nSPS) is 13.3. The average Bonchev–Trinajstić information content (AvgIpc) is 2.33. The van der Waals surface area contributed by atoms with E-state index in [1.165, 1.54) is 0 Å². The van der Waals surface area contributed by atoms with Crippen molar-refractivity contribution < 1.29 is 0 Å². The molecular formula is C9H16ClN3. The van der Waals surface area contributed by atoms with Gasteiger partial charge >= 0.3 is 0 Å². The van der Waals surface area contributed by atoms with Crippen molar-refractivity contribution >= 4 is 11.6 Å². The molecule has 0 saturated carbocycles. The highest BCUT2D eigenvalue weighted by Crippen LogP contribution is 2.22. The molecule has 1 aromatic rings. The van der Waals surface area contributed by atoms with Gasteiger partial charge in [-0.2, -0.15) is 5.10 Å². The molecule has 1 heterocycles. The number of nitrogens with two attached hydrogens (primary N) is 1. The van der Waals surface area contributed by atoms with Crippen LogP contribution in [0.3, 0.4) is 0 Å². The van der Waals surface area contributed by atoms with Gasteiger partial charge in [-0.25, -0.2) is 0 Å². The largest absolute Gasteiger partial charge is 0.330 e. The van der Waals surface area contributed by atoms with Gasteiger partial charge in [-0.15, -0.1) is 0 Å². The van der Waals surface area contributed by atoms with Crippen LogP contribution in [0.1, 0.15) is 30.8 Å². The lowest BCUT2D eigenvalue weighted by Crippen LogP contribution is -2.13. The first kappa shape index (κ1) is 10.5. The number of rotatable bonds is 3. The summed E-state index contributed by atoms with van der Waals surface area (Å²) in [7, 11) is 0. The van der Waals surface area contributed by atoms with E-state index in [2.05, 4.69) is 12.0 Å². The van der Waals surface area contributed by atoms with E-state index in [0.29, 0.717) is 12.6 Å². The first-order valence-corrected chi connectivity index (χ1v) is 4.87. The maximum atomic E-state index is 6.03. The van der Waals surface area contributed by atoms with Crippen LogP contribution in [0.25, 0.3) is 0 Å². The first-order valence-electron chi connectivity index (χ1n) is 4.49. The van der Waals surface area contributed by atoms with Crippen molar-refractivity contribution in [2.45, 2.75) is 33.2 Å². The quantitative estimate of drug-likeness (QED) is 0.814. The second-order valence-corrected chi connectivity index (χ2v) is 3.73. The van der Waals surface area contributed by atoms with Crippen molar-refractivity contribution in [1.29, 1.82) is 0 Å². The van der Waals surface area contributed by atoms with Crippen LogP contribution in [0.5, 0.6) is 0 Å². The minimum absolute atomic E-state index is 0.330. The first-order chi connectivity index (χ1) is 6.07. The van der Waals surface area contributed by atoms with E-state index in [-0.39, 0.29) is 0 Å². The Hall–Kier alpha value is -0.540. The summed E-state index contributed by atoms with van der Waals surface area (Å²) in [5.41, 5.74) is 7.41. The summed E-state index contributed by atoms with van der Waals surface area (Å²) in [6.45, 7) is 6.68. The highest BCUT2D eigenvalue weighted by Gasteiger charge is 2.13. The SMILES string of the molecule is Cc1nn([C@H](C)CCN)c(C)c1Cl. The predicted octanol–water partition coefficient (Wildman–Crippen LogP) is 2.06. The lowest BCUT2D eigenvalue weighted by atomic mass is 10.2. The summed E-state index contributed by atoms with van der Waals surface area (Å²) in [6.07, 6.45) is 0.929. The fourth-order valence-electron chi connectivity index (χ4n) is 1.44. The van der Waals surface area contributed by atoms with Gasteiger partial charge in [-0.1, -0.05) is 11.6 Å². The van der Waals surface area contributed by atoms with Crippen molar-refractivity contribution in [2.24, 2.45) is 5.73 Å². The molecule has 2 N–H and O–H groups in total. The third-order valence-corrected chi connectivity index (χ3v) is 2.79. The lowest BCUT2D eigenvalue weighted by Gasteiger charge is -2.12. The summed E-state index contributed by atoms with van der Waals surface area (Å²) in [5, 5.41) is 5.12. The molecule has 0 aliphatic carbocycles. The van der Waals surface area contributed by atoms with Crippen molar-refractivity contribution in [1.82, 2.24) is 9.78 Å². The molecule has 0 aliphatic heterocycles. The van der Waals surface area contributed by atoms with Gasteiger partial charge in [0.2, 0.25) is 0 Å². The molecular weight excluding hydrogens is 186 g/mol. The number of halogens is 1. The summed E-state index contributed by atoms with van der Waals surface area (Å²) >= 11 is 6.03. The molecule has 0 fully saturated rings. The smallest absolute Gasteiger partial charge is 0.0844 e. The molecule has 1 rings (SSSR count). The molecule has 0 spiro atoms. The minimum atomic E-state index is 0.330. The van der Waals surface area contributed by atoms with Gasteiger partial charge in [-0.05, 0) is 33.7 Å². The van der Waals surface area contributed by atoms with Crippen molar-refractivity contribution in [3.05, 3.63) is 16.4 Å². The van der Waals surface area contributed by atoms with Crippen LogP contribution in [0.2, 0.25) is 5.02 Å². The van der Waals surface area contributed by atoms with E-state index >= 15 is 0 Å². The Kier molecular flexibility index (Phi) is 3.33. The molecule has 0 radical (unpaired) electrons. The van der Waals surface area contributed by atoms with Gasteiger partial charge in [0.1, 0.15) is 0 Å². The lowest BCUT2D eigenvalue weighted by molar-refractivity contribution is 0.454. The zero-order chi connectivity index (χ0) is 10.0. The number of hydrogen-bond acceptors (Lipinski definition) is 2. The Bertz CT molecular complexity index is 293. The van der Waals surface area contributed by atoms with Gasteiger partial charge in [0.25, 0.3) is 0 Å². The molecule has 0 bridgehead atoms. The maximum absolute atomic E-state index is 6.03. The third-order valence-electron chi connectivity index (χ3n) is 2.24. The highest BCUT2D eigenvalue weighted by molar-refractivity contribution is 6.31. The average molecular weight is 202 g/mol. The van der Waals surface area contributed by atoms with E-state index < -0.39 is 0 Å². The molecule has 3 nitrogen and oxygen atoms in total. The molecule has 1 aromatic heterocycles. The molecule has 0 aromatic carbocycles. The topological polar surface area (TPSA) is 43.8 Å². The van der Waals surface area contributed by atoms with Gasteiger partial charge in [-0.3, -0.25) is 4.68 Å². The number of aromatic nitrogens is 2. The number of nitrogens with zero attached hydrogens (tertiary/aromatic N) is 2. The van der Waals surface area contributed by atoms with Gasteiger partial charge in [0.05, 0.1) is 22.5 Å². The Labute approximate surface area is 83.9 Å². The van der Waals surface area contributed by atoms with E-state index in [9.17, 15) is 0 Å². The van der Waals surface area contributed by atoms with Crippen LogP contribution in [-0.4, -0.2) is 16.3 Å². The Morgan fingerprint density at radius 1 is 1.54 bits per heavy atom. The summed E-state index contributed by atoms with van der Waals surface area (Å²) in [6, 6.07) is 0.330. The molecule has 0 saturated heterocycles. The summed E-state index contributed by atoms with van der Waals surface area (Å²) < 4.78 is 1.95. The van der Waals surface area contributed by atoms with Crippen molar-refractivity contribution in [3.8, 4) is 0 Å². The summed E-state index contributed by atoms with van der Waals surface area (Å²) in [5.74, 6) is 0. The predicted molar refractivity (Wildman–Crippen MR) is 55.1 cm³/mol. The van der Waals surface area contributed by atoms with Crippen LogP contribution in [0.15, 0.2) is 0 Å². The maximum Gasteiger partial charge on any atom is 0.0844 e. The molecule has 13 heavy (non-hydrogen) atoms. The zero-order valence-electron chi connectivity index (χ0n) is 8.34. The Morgan fingerprint density at radius 3 is 2.54 bits per heavy atom. The van der Waals surface area contributed by atoms with Crippen molar-refractivity contribution in [3.63, 3.8) is 0 Å². The number of hydrogen-bond donors (Lipinski definition) is 1. The fraction of sp³-hybridized carbons (Fsp3) is 0.667. The molecule has 0 aliphatic rings.